The Balaban J connectivity index is 2.75. The Morgan fingerprint density at radius 2 is 2.05 bits per heavy atom. The number of aliphatic hydroxyl groups is 1. The van der Waals surface area contributed by atoms with E-state index < -0.39 is 21.1 Å². The van der Waals surface area contributed by atoms with Crippen LogP contribution in [0.25, 0.3) is 0 Å². The van der Waals surface area contributed by atoms with Gasteiger partial charge in [0.1, 0.15) is 0 Å². The van der Waals surface area contributed by atoms with E-state index in [1.807, 2.05) is 0 Å². The van der Waals surface area contributed by atoms with Crippen molar-refractivity contribution in [3.8, 4) is 0 Å². The average Bonchev–Trinajstić information content (AvgIpc) is 2.37. The van der Waals surface area contributed by atoms with Gasteiger partial charge < -0.3 is 10.4 Å². The Hall–Kier alpha value is -1.55. The molecule has 0 saturated heterocycles. The molecule has 1 aromatic rings. The number of benzene rings is 1. The maximum atomic E-state index is 12.1. The summed E-state index contributed by atoms with van der Waals surface area (Å²) in [7, 11) is -3.80. The van der Waals surface area contributed by atoms with Gasteiger partial charge in [-0.3, -0.25) is 10.1 Å². The molecule has 0 aliphatic rings. The van der Waals surface area contributed by atoms with Crippen LogP contribution in [0.5, 0.6) is 0 Å². The van der Waals surface area contributed by atoms with Crippen LogP contribution in [0.2, 0.25) is 0 Å². The number of nitro groups is 1. The highest BCUT2D eigenvalue weighted by Gasteiger charge is 2.22. The molecule has 0 heterocycles. The number of rotatable bonds is 8. The Kier molecular flexibility index (Phi) is 6.21. The molecule has 0 fully saturated rings. The van der Waals surface area contributed by atoms with Gasteiger partial charge in [-0.05, 0) is 19.9 Å². The molecule has 0 saturated carbocycles. The number of hydrogen-bond acceptors (Lipinski definition) is 6. The fraction of sp³-hybridized carbons (Fsp3) is 0.500. The second-order valence-electron chi connectivity index (χ2n) is 4.61. The van der Waals surface area contributed by atoms with E-state index in [2.05, 4.69) is 10.0 Å². The van der Waals surface area contributed by atoms with Gasteiger partial charge >= 0.3 is 0 Å². The van der Waals surface area contributed by atoms with E-state index in [0.29, 0.717) is 13.1 Å². The van der Waals surface area contributed by atoms with E-state index in [9.17, 15) is 18.5 Å². The molecule has 1 unspecified atom stereocenters. The highest BCUT2D eigenvalue weighted by atomic mass is 32.2. The molecular formula is C12H19N3O5S. The minimum absolute atomic E-state index is 0.104. The van der Waals surface area contributed by atoms with Gasteiger partial charge in [0.2, 0.25) is 10.0 Å². The van der Waals surface area contributed by atoms with Crippen LogP contribution in [0.3, 0.4) is 0 Å². The smallest absolute Gasteiger partial charge is 0.273 e. The maximum absolute atomic E-state index is 12.1. The van der Waals surface area contributed by atoms with Gasteiger partial charge in [-0.25, -0.2) is 13.1 Å². The van der Waals surface area contributed by atoms with Gasteiger partial charge in [0, 0.05) is 31.3 Å². The lowest BCUT2D eigenvalue weighted by molar-refractivity contribution is -0.385. The molecule has 0 aliphatic heterocycles. The molecule has 0 aliphatic carbocycles. The number of nitro benzene ring substituents is 1. The van der Waals surface area contributed by atoms with Crippen molar-refractivity contribution in [1.82, 2.24) is 10.0 Å². The van der Waals surface area contributed by atoms with Crippen LogP contribution in [-0.4, -0.2) is 44.2 Å². The lowest BCUT2D eigenvalue weighted by Gasteiger charge is -2.10. The summed E-state index contributed by atoms with van der Waals surface area (Å²) < 4.78 is 26.6. The van der Waals surface area contributed by atoms with Crippen LogP contribution in [0.4, 0.5) is 5.69 Å². The van der Waals surface area contributed by atoms with Gasteiger partial charge in [0.15, 0.2) is 0 Å². The van der Waals surface area contributed by atoms with Crippen molar-refractivity contribution in [3.05, 3.63) is 33.9 Å². The largest absolute Gasteiger partial charge is 0.392 e. The van der Waals surface area contributed by atoms with Crippen molar-refractivity contribution in [2.24, 2.45) is 0 Å². The minimum atomic E-state index is -3.80. The van der Waals surface area contributed by atoms with Gasteiger partial charge in [0.05, 0.1) is 15.9 Å². The summed E-state index contributed by atoms with van der Waals surface area (Å²) in [6.07, 6.45) is -0.513. The fourth-order valence-electron chi connectivity index (χ4n) is 1.75. The Bertz CT molecular complexity index is 601. The fourth-order valence-corrected chi connectivity index (χ4v) is 3.05. The average molecular weight is 317 g/mol. The molecule has 0 bridgehead atoms. The molecule has 0 spiro atoms. The van der Waals surface area contributed by atoms with Crippen molar-refractivity contribution in [1.29, 1.82) is 0 Å². The van der Waals surface area contributed by atoms with Crippen molar-refractivity contribution in [2.75, 3.05) is 19.6 Å². The van der Waals surface area contributed by atoms with Crippen LogP contribution in [0, 0.1) is 17.0 Å². The lowest BCUT2D eigenvalue weighted by atomic mass is 10.2. The first-order valence-corrected chi connectivity index (χ1v) is 7.86. The van der Waals surface area contributed by atoms with Crippen molar-refractivity contribution in [2.45, 2.75) is 24.8 Å². The summed E-state index contributed by atoms with van der Waals surface area (Å²) >= 11 is 0. The Morgan fingerprint density at radius 3 is 2.62 bits per heavy atom. The molecule has 8 nitrogen and oxygen atoms in total. The second-order valence-corrected chi connectivity index (χ2v) is 6.34. The van der Waals surface area contributed by atoms with Gasteiger partial charge in [0.25, 0.3) is 5.69 Å². The topological polar surface area (TPSA) is 122 Å². The van der Waals surface area contributed by atoms with E-state index in [1.54, 1.807) is 6.92 Å². The summed E-state index contributed by atoms with van der Waals surface area (Å²) in [6.45, 7) is 3.84. The van der Waals surface area contributed by atoms with Crippen LogP contribution in [0.1, 0.15) is 12.5 Å². The van der Waals surface area contributed by atoms with E-state index in [0.717, 1.165) is 0 Å². The summed E-state index contributed by atoms with van der Waals surface area (Å²) in [5, 5.41) is 22.7. The molecule has 0 aromatic heterocycles. The zero-order valence-electron chi connectivity index (χ0n) is 11.9. The number of sulfonamides is 1. The van der Waals surface area contributed by atoms with Crippen molar-refractivity contribution < 1.29 is 18.4 Å². The first kappa shape index (κ1) is 17.5. The summed E-state index contributed by atoms with van der Waals surface area (Å²) in [5.74, 6) is 0. The third-order valence-corrected chi connectivity index (χ3v) is 4.38. The molecule has 0 amide bonds. The predicted molar refractivity (Wildman–Crippen MR) is 77.6 cm³/mol. The second kappa shape index (κ2) is 7.46. The third kappa shape index (κ3) is 5.05. The van der Waals surface area contributed by atoms with Crippen molar-refractivity contribution in [3.63, 3.8) is 0 Å². The van der Waals surface area contributed by atoms with Crippen LogP contribution < -0.4 is 10.0 Å². The molecule has 1 aromatic carbocycles. The molecule has 0 radical (unpaired) electrons. The number of nitrogens with zero attached hydrogens (tertiary/aromatic N) is 1. The van der Waals surface area contributed by atoms with Crippen LogP contribution in [0.15, 0.2) is 23.1 Å². The third-order valence-electron chi connectivity index (χ3n) is 2.78. The summed E-state index contributed by atoms with van der Waals surface area (Å²) in [5.41, 5.74) is -0.128. The molecule has 3 N–H and O–H groups in total. The predicted octanol–water partition coefficient (Wildman–Crippen LogP) is 0.152. The zero-order valence-corrected chi connectivity index (χ0v) is 12.7. The SMILES string of the molecule is Cc1c([N+](=O)[O-])cccc1S(=O)(=O)NCCNCC(C)O. The quantitative estimate of drug-likeness (QED) is 0.356. The van der Waals surface area contributed by atoms with E-state index >= 15 is 0 Å². The Labute approximate surface area is 123 Å². The van der Waals surface area contributed by atoms with Gasteiger partial charge in [-0.2, -0.15) is 0 Å². The van der Waals surface area contributed by atoms with Crippen LogP contribution >= 0.6 is 0 Å². The monoisotopic (exact) mass is 317 g/mol. The zero-order chi connectivity index (χ0) is 16.0. The van der Waals surface area contributed by atoms with Crippen LogP contribution in [-0.2, 0) is 10.0 Å². The van der Waals surface area contributed by atoms with Gasteiger partial charge in [-0.1, -0.05) is 6.07 Å². The normalized spacial score (nSPS) is 13.1. The minimum Gasteiger partial charge on any atom is -0.392 e. The van der Waals surface area contributed by atoms with E-state index in [-0.39, 0.29) is 22.7 Å². The molecule has 9 heteroatoms. The number of aliphatic hydroxyl groups excluding tert-OH is 1. The van der Waals surface area contributed by atoms with E-state index in [4.69, 9.17) is 5.11 Å². The standard InChI is InChI=1S/C12H19N3O5S/c1-9(16)8-13-6-7-14-21(19,20)12-5-3-4-11(10(12)2)15(17)18/h3-5,9,13-14,16H,6-8H2,1-2H3. The molecule has 21 heavy (non-hydrogen) atoms. The summed E-state index contributed by atoms with van der Waals surface area (Å²) in [6, 6.07) is 3.93. The first-order chi connectivity index (χ1) is 9.75. The Morgan fingerprint density at radius 1 is 1.38 bits per heavy atom. The highest BCUT2D eigenvalue weighted by molar-refractivity contribution is 7.89. The first-order valence-electron chi connectivity index (χ1n) is 6.38. The molecular weight excluding hydrogens is 298 g/mol. The van der Waals surface area contributed by atoms with Gasteiger partial charge in [-0.15, -0.1) is 0 Å². The molecule has 118 valence electrons. The lowest BCUT2D eigenvalue weighted by Crippen LogP contribution is -2.34. The molecule has 1 rings (SSSR count). The maximum Gasteiger partial charge on any atom is 0.273 e. The highest BCUT2D eigenvalue weighted by Crippen LogP contribution is 2.24. The number of hydrogen-bond donors (Lipinski definition) is 3. The number of nitrogens with one attached hydrogen (secondary N) is 2. The van der Waals surface area contributed by atoms with Crippen molar-refractivity contribution >= 4 is 15.7 Å². The van der Waals surface area contributed by atoms with E-state index in [1.165, 1.54) is 25.1 Å². The molecule has 1 atom stereocenters. The summed E-state index contributed by atoms with van der Waals surface area (Å²) in [4.78, 5) is 10.1.